The van der Waals surface area contributed by atoms with E-state index in [-0.39, 0.29) is 6.10 Å². The van der Waals surface area contributed by atoms with Crippen molar-refractivity contribution in [1.82, 2.24) is 4.90 Å². The number of aliphatic hydroxyl groups excluding tert-OH is 1. The molecule has 0 amide bonds. The maximum Gasteiger partial charge on any atom is 0.0639 e. The van der Waals surface area contributed by atoms with Crippen molar-refractivity contribution in [2.24, 2.45) is 0 Å². The van der Waals surface area contributed by atoms with Gasteiger partial charge in [-0.1, -0.05) is 181 Å². The van der Waals surface area contributed by atoms with E-state index in [0.29, 0.717) is 0 Å². The third-order valence-corrected chi connectivity index (χ3v) is 8.18. The monoisotopic (exact) mass is 524 g/mol. The summed E-state index contributed by atoms with van der Waals surface area (Å²) >= 11 is 0. The van der Waals surface area contributed by atoms with Crippen LogP contribution in [-0.2, 0) is 0 Å². The highest BCUT2D eigenvalue weighted by molar-refractivity contribution is 4.63. The van der Waals surface area contributed by atoms with Gasteiger partial charge in [-0.2, -0.15) is 0 Å². The van der Waals surface area contributed by atoms with Crippen LogP contribution in [0.25, 0.3) is 0 Å². The molecule has 1 atom stereocenters. The van der Waals surface area contributed by atoms with Gasteiger partial charge in [0.15, 0.2) is 0 Å². The second-order valence-electron chi connectivity index (χ2n) is 12.3. The molecular formula is C35H73NO. The van der Waals surface area contributed by atoms with Crippen LogP contribution in [0.3, 0.4) is 0 Å². The van der Waals surface area contributed by atoms with Crippen molar-refractivity contribution in [2.75, 3.05) is 19.6 Å². The molecular weight excluding hydrogens is 450 g/mol. The summed E-state index contributed by atoms with van der Waals surface area (Å²) < 4.78 is 0. The van der Waals surface area contributed by atoms with Crippen LogP contribution in [0.2, 0.25) is 0 Å². The fraction of sp³-hybridized carbons (Fsp3) is 1.00. The third-order valence-electron chi connectivity index (χ3n) is 8.18. The molecule has 0 radical (unpaired) electrons. The van der Waals surface area contributed by atoms with Crippen molar-refractivity contribution in [3.8, 4) is 0 Å². The number of aliphatic hydroxyl groups is 1. The number of hydrogen-bond acceptors (Lipinski definition) is 2. The third kappa shape index (κ3) is 32.0. The van der Waals surface area contributed by atoms with Gasteiger partial charge in [0.05, 0.1) is 6.10 Å². The van der Waals surface area contributed by atoms with E-state index in [1.165, 1.54) is 193 Å². The summed E-state index contributed by atoms with van der Waals surface area (Å²) in [5, 5.41) is 9.91. The lowest BCUT2D eigenvalue weighted by molar-refractivity contribution is 0.123. The first-order valence-electron chi connectivity index (χ1n) is 17.6. The Bertz CT molecular complexity index is 365. The maximum absolute atomic E-state index is 9.91. The molecule has 0 aliphatic heterocycles. The first kappa shape index (κ1) is 36.9. The van der Waals surface area contributed by atoms with E-state index < -0.39 is 0 Å². The van der Waals surface area contributed by atoms with Crippen LogP contribution in [0.15, 0.2) is 0 Å². The summed E-state index contributed by atoms with van der Waals surface area (Å²) in [5.74, 6) is 0. The lowest BCUT2D eigenvalue weighted by Gasteiger charge is -2.23. The largest absolute Gasteiger partial charge is 0.392 e. The minimum Gasteiger partial charge on any atom is -0.392 e. The highest BCUT2D eigenvalue weighted by atomic mass is 16.3. The molecule has 2 nitrogen and oxygen atoms in total. The van der Waals surface area contributed by atoms with Crippen molar-refractivity contribution in [2.45, 2.75) is 207 Å². The number of unbranched alkanes of at least 4 members (excludes halogenated alkanes) is 26. The molecule has 1 N–H and O–H groups in total. The van der Waals surface area contributed by atoms with Gasteiger partial charge in [0.25, 0.3) is 0 Å². The van der Waals surface area contributed by atoms with E-state index in [9.17, 15) is 5.11 Å². The van der Waals surface area contributed by atoms with Crippen LogP contribution in [-0.4, -0.2) is 35.7 Å². The van der Waals surface area contributed by atoms with Crippen LogP contribution in [0, 0.1) is 0 Å². The predicted octanol–water partition coefficient (Wildman–Crippen LogP) is 11.6. The minimum absolute atomic E-state index is 0.196. The Morgan fingerprint density at radius 3 is 0.811 bits per heavy atom. The van der Waals surface area contributed by atoms with Gasteiger partial charge in [0.2, 0.25) is 0 Å². The van der Waals surface area contributed by atoms with Crippen LogP contribution < -0.4 is 0 Å². The van der Waals surface area contributed by atoms with Crippen LogP contribution >= 0.6 is 0 Å². The molecule has 0 saturated carbocycles. The molecule has 0 saturated heterocycles. The molecule has 2 heteroatoms. The lowest BCUT2D eigenvalue weighted by Crippen LogP contribution is -2.32. The van der Waals surface area contributed by atoms with Gasteiger partial charge in [-0.3, -0.25) is 0 Å². The molecule has 37 heavy (non-hydrogen) atoms. The highest BCUT2D eigenvalue weighted by Crippen LogP contribution is 2.15. The lowest BCUT2D eigenvalue weighted by atomic mass is 10.0. The van der Waals surface area contributed by atoms with Gasteiger partial charge in [0, 0.05) is 6.54 Å². The van der Waals surface area contributed by atoms with Gasteiger partial charge in [-0.25, -0.2) is 0 Å². The van der Waals surface area contributed by atoms with Crippen LogP contribution in [0.1, 0.15) is 201 Å². The zero-order valence-corrected chi connectivity index (χ0v) is 26.4. The molecule has 0 spiro atoms. The Hall–Kier alpha value is -0.0800. The van der Waals surface area contributed by atoms with Crippen molar-refractivity contribution in [3.63, 3.8) is 0 Å². The van der Waals surface area contributed by atoms with E-state index in [2.05, 4.69) is 18.7 Å². The summed E-state index contributed by atoms with van der Waals surface area (Å²) in [7, 11) is 0. The van der Waals surface area contributed by atoms with Gasteiger partial charge in [-0.15, -0.1) is 0 Å². The predicted molar refractivity (Wildman–Crippen MR) is 169 cm³/mol. The molecule has 0 aromatic heterocycles. The summed E-state index contributed by atoms with van der Waals surface area (Å²) in [6, 6.07) is 0. The Labute approximate surface area is 236 Å². The summed E-state index contributed by atoms with van der Waals surface area (Å²) in [5.41, 5.74) is 0. The standard InChI is InChI=1S/C35H73NO/c1-4-6-8-10-12-14-16-18-20-22-24-26-28-30-32-36(34-35(3)37)33-31-29-27-25-23-21-19-17-15-13-11-9-7-5-2/h35,37H,4-34H2,1-3H3. The number of hydrogen-bond donors (Lipinski definition) is 1. The highest BCUT2D eigenvalue weighted by Gasteiger charge is 2.08. The zero-order valence-electron chi connectivity index (χ0n) is 26.4. The second kappa shape index (κ2) is 32.1. The average molecular weight is 524 g/mol. The zero-order chi connectivity index (χ0) is 27.1. The molecule has 0 aromatic rings. The van der Waals surface area contributed by atoms with E-state index in [1.54, 1.807) is 0 Å². The Morgan fingerprint density at radius 1 is 0.378 bits per heavy atom. The Kier molecular flexibility index (Phi) is 32.1. The second-order valence-corrected chi connectivity index (χ2v) is 12.3. The fourth-order valence-corrected chi connectivity index (χ4v) is 5.73. The maximum atomic E-state index is 9.91. The number of nitrogens with zero attached hydrogens (tertiary/aromatic N) is 1. The smallest absolute Gasteiger partial charge is 0.0639 e. The summed E-state index contributed by atoms with van der Waals surface area (Å²) in [6.45, 7) is 9.77. The van der Waals surface area contributed by atoms with E-state index in [4.69, 9.17) is 0 Å². The molecule has 0 rings (SSSR count). The van der Waals surface area contributed by atoms with Crippen molar-refractivity contribution >= 4 is 0 Å². The van der Waals surface area contributed by atoms with Crippen molar-refractivity contribution in [3.05, 3.63) is 0 Å². The van der Waals surface area contributed by atoms with Crippen LogP contribution in [0.4, 0.5) is 0 Å². The molecule has 0 heterocycles. The minimum atomic E-state index is -0.196. The van der Waals surface area contributed by atoms with Gasteiger partial charge in [0.1, 0.15) is 0 Å². The van der Waals surface area contributed by atoms with E-state index >= 15 is 0 Å². The molecule has 0 aromatic carbocycles. The molecule has 0 aliphatic rings. The first-order chi connectivity index (χ1) is 18.2. The molecule has 0 bridgehead atoms. The SMILES string of the molecule is CCCCCCCCCCCCCCCCN(CCCCCCCCCCCCCCCC)CC(C)O. The fourth-order valence-electron chi connectivity index (χ4n) is 5.73. The van der Waals surface area contributed by atoms with Crippen molar-refractivity contribution < 1.29 is 5.11 Å². The Morgan fingerprint density at radius 2 is 0.595 bits per heavy atom. The first-order valence-corrected chi connectivity index (χ1v) is 17.6. The topological polar surface area (TPSA) is 23.5 Å². The number of rotatable bonds is 32. The van der Waals surface area contributed by atoms with E-state index in [1.807, 2.05) is 6.92 Å². The quantitative estimate of drug-likeness (QED) is 0.0886. The van der Waals surface area contributed by atoms with Gasteiger partial charge in [-0.05, 0) is 32.9 Å². The molecule has 1 unspecified atom stereocenters. The van der Waals surface area contributed by atoms with Crippen LogP contribution in [0.5, 0.6) is 0 Å². The summed E-state index contributed by atoms with van der Waals surface area (Å²) in [4.78, 5) is 2.53. The van der Waals surface area contributed by atoms with Gasteiger partial charge < -0.3 is 10.0 Å². The van der Waals surface area contributed by atoms with Crippen molar-refractivity contribution in [1.29, 1.82) is 0 Å². The molecule has 224 valence electrons. The van der Waals surface area contributed by atoms with E-state index in [0.717, 1.165) is 6.54 Å². The van der Waals surface area contributed by atoms with Gasteiger partial charge >= 0.3 is 0 Å². The normalized spacial score (nSPS) is 12.6. The molecule has 0 aliphatic carbocycles. The molecule has 0 fully saturated rings. The Balaban J connectivity index is 3.48. The average Bonchev–Trinajstić information content (AvgIpc) is 2.88. The summed E-state index contributed by atoms with van der Waals surface area (Å²) in [6.07, 6.45) is 39.6.